The minimum absolute atomic E-state index is 1.11. The van der Waals surface area contributed by atoms with Crippen molar-refractivity contribution < 1.29 is 0 Å². The van der Waals surface area contributed by atoms with Gasteiger partial charge < -0.3 is 9.80 Å². The standard InChI is InChI=1S/C58H40N2/c1-5-13-47-36-54(30-23-43(47)9-1)59(55-31-24-44-10-2-6-14-48(44)37-55)53-28-20-41(21-29-53)17-18-42-19-22-52-40-58(34-27-51(52)35-42)60(56-32-25-45-11-3-7-15-49(45)38-56)57-33-26-46-12-4-8-16-50(46)39-57/h1-40H/b18-17+. The molecule has 0 radical (unpaired) electrons. The van der Waals surface area contributed by atoms with Crippen LogP contribution in [0.2, 0.25) is 0 Å². The Morgan fingerprint density at radius 2 is 0.450 bits per heavy atom. The highest BCUT2D eigenvalue weighted by molar-refractivity contribution is 5.96. The van der Waals surface area contributed by atoms with Crippen LogP contribution in [0.5, 0.6) is 0 Å². The monoisotopic (exact) mass is 764 g/mol. The van der Waals surface area contributed by atoms with Gasteiger partial charge in [-0.05, 0) is 144 Å². The summed E-state index contributed by atoms with van der Waals surface area (Å²) in [5.74, 6) is 0. The lowest BCUT2D eigenvalue weighted by molar-refractivity contribution is 1.29. The first-order chi connectivity index (χ1) is 29.7. The van der Waals surface area contributed by atoms with E-state index in [0.717, 1.165) is 45.3 Å². The fourth-order valence-corrected chi connectivity index (χ4v) is 8.58. The lowest BCUT2D eigenvalue weighted by atomic mass is 10.0. The van der Waals surface area contributed by atoms with Crippen LogP contribution in [-0.4, -0.2) is 0 Å². The Morgan fingerprint density at radius 3 is 0.850 bits per heavy atom. The molecule has 0 aliphatic heterocycles. The van der Waals surface area contributed by atoms with Crippen LogP contribution in [0.3, 0.4) is 0 Å². The van der Waals surface area contributed by atoms with Crippen molar-refractivity contribution in [1.82, 2.24) is 0 Å². The van der Waals surface area contributed by atoms with E-state index in [1.54, 1.807) is 0 Å². The lowest BCUT2D eigenvalue weighted by Gasteiger charge is -2.26. The molecule has 0 atom stereocenters. The first-order valence-corrected chi connectivity index (χ1v) is 20.6. The number of anilines is 6. The Hall–Kier alpha value is -7.94. The van der Waals surface area contributed by atoms with Crippen LogP contribution in [-0.2, 0) is 0 Å². The lowest BCUT2D eigenvalue weighted by Crippen LogP contribution is -2.10. The predicted molar refractivity (Wildman–Crippen MR) is 259 cm³/mol. The van der Waals surface area contributed by atoms with Gasteiger partial charge in [-0.1, -0.05) is 164 Å². The van der Waals surface area contributed by atoms with Gasteiger partial charge in [-0.25, -0.2) is 0 Å². The van der Waals surface area contributed by atoms with Crippen molar-refractivity contribution in [3.05, 3.63) is 242 Å². The smallest absolute Gasteiger partial charge is 0.0468 e. The first kappa shape index (κ1) is 35.2. The van der Waals surface area contributed by atoms with Crippen molar-refractivity contribution in [2.75, 3.05) is 9.80 Å². The molecule has 0 heterocycles. The van der Waals surface area contributed by atoms with Crippen molar-refractivity contribution >= 4 is 100 Å². The molecule has 11 rings (SSSR count). The highest BCUT2D eigenvalue weighted by Crippen LogP contribution is 2.40. The maximum absolute atomic E-state index is 2.37. The first-order valence-electron chi connectivity index (χ1n) is 20.6. The third-order valence-electron chi connectivity index (χ3n) is 11.7. The van der Waals surface area contributed by atoms with Gasteiger partial charge in [0.15, 0.2) is 0 Å². The molecule has 0 aromatic heterocycles. The van der Waals surface area contributed by atoms with Gasteiger partial charge >= 0.3 is 0 Å². The third-order valence-corrected chi connectivity index (χ3v) is 11.7. The highest BCUT2D eigenvalue weighted by Gasteiger charge is 2.16. The Balaban J connectivity index is 0.899. The summed E-state index contributed by atoms with van der Waals surface area (Å²) in [6.45, 7) is 0. The van der Waals surface area contributed by atoms with Crippen LogP contribution in [0.4, 0.5) is 34.1 Å². The van der Waals surface area contributed by atoms with Gasteiger partial charge in [0, 0.05) is 34.1 Å². The Kier molecular flexibility index (Phi) is 8.87. The summed E-state index contributed by atoms with van der Waals surface area (Å²) in [7, 11) is 0. The van der Waals surface area contributed by atoms with Crippen molar-refractivity contribution in [3.8, 4) is 0 Å². The number of fused-ring (bicyclic) bond motifs is 5. The quantitative estimate of drug-likeness (QED) is 0.142. The number of rotatable bonds is 8. The fourth-order valence-electron chi connectivity index (χ4n) is 8.58. The summed E-state index contributed by atoms with van der Waals surface area (Å²) in [5, 5.41) is 12.2. The topological polar surface area (TPSA) is 6.48 Å². The normalized spacial score (nSPS) is 11.6. The highest BCUT2D eigenvalue weighted by atomic mass is 15.1. The van der Waals surface area contributed by atoms with E-state index in [2.05, 4.69) is 252 Å². The zero-order valence-corrected chi connectivity index (χ0v) is 33.0. The Morgan fingerprint density at radius 1 is 0.200 bits per heavy atom. The van der Waals surface area contributed by atoms with E-state index in [-0.39, 0.29) is 0 Å². The maximum Gasteiger partial charge on any atom is 0.0468 e. The molecule has 0 aliphatic rings. The minimum Gasteiger partial charge on any atom is -0.310 e. The van der Waals surface area contributed by atoms with E-state index in [1.807, 2.05) is 0 Å². The van der Waals surface area contributed by atoms with E-state index in [9.17, 15) is 0 Å². The van der Waals surface area contributed by atoms with Gasteiger partial charge in [-0.15, -0.1) is 0 Å². The van der Waals surface area contributed by atoms with E-state index in [4.69, 9.17) is 0 Å². The molecule has 11 aromatic carbocycles. The number of nitrogens with zero attached hydrogens (tertiary/aromatic N) is 2. The molecule has 0 amide bonds. The van der Waals surface area contributed by atoms with E-state index in [0.29, 0.717) is 0 Å². The van der Waals surface area contributed by atoms with Crippen LogP contribution < -0.4 is 9.80 Å². The minimum atomic E-state index is 1.11. The SMILES string of the molecule is C(=C\c1ccc2cc(N(c3ccc4ccccc4c3)c3ccc4ccccc4c3)ccc2c1)/c1ccc(N(c2ccc3ccccc3c2)c2ccc3ccccc3c2)cc1. The Bertz CT molecular complexity index is 3240. The molecule has 0 unspecified atom stereocenters. The second-order valence-corrected chi connectivity index (χ2v) is 15.5. The van der Waals surface area contributed by atoms with Crippen LogP contribution in [0.1, 0.15) is 11.1 Å². The van der Waals surface area contributed by atoms with E-state index >= 15 is 0 Å². The summed E-state index contributed by atoms with van der Waals surface area (Å²) in [6, 6.07) is 83.6. The zero-order valence-electron chi connectivity index (χ0n) is 33.0. The molecule has 11 aromatic rings. The number of hydrogen-bond donors (Lipinski definition) is 0. The molecule has 0 fully saturated rings. The van der Waals surface area contributed by atoms with Crippen molar-refractivity contribution in [2.24, 2.45) is 0 Å². The zero-order chi connectivity index (χ0) is 39.8. The van der Waals surface area contributed by atoms with Crippen molar-refractivity contribution in [3.63, 3.8) is 0 Å². The van der Waals surface area contributed by atoms with Crippen LogP contribution in [0.15, 0.2) is 231 Å². The molecule has 0 aliphatic carbocycles. The van der Waals surface area contributed by atoms with Crippen LogP contribution in [0.25, 0.3) is 66.0 Å². The molecule has 0 spiro atoms. The summed E-state index contributed by atoms with van der Waals surface area (Å²) in [4.78, 5) is 4.72. The predicted octanol–water partition coefficient (Wildman–Crippen LogP) is 16.6. The molecule has 0 saturated heterocycles. The average Bonchev–Trinajstić information content (AvgIpc) is 3.31. The third kappa shape index (κ3) is 6.81. The van der Waals surface area contributed by atoms with Crippen LogP contribution in [0, 0.1) is 0 Å². The second-order valence-electron chi connectivity index (χ2n) is 15.5. The molecule has 0 N–H and O–H groups in total. The number of benzene rings is 11. The van der Waals surface area contributed by atoms with Crippen molar-refractivity contribution in [2.45, 2.75) is 0 Å². The molecule has 282 valence electrons. The second kappa shape index (κ2) is 15.1. The molecule has 2 nitrogen and oxygen atoms in total. The Labute approximate surface area is 350 Å². The summed E-state index contributed by atoms with van der Waals surface area (Å²) >= 11 is 0. The molecule has 2 heteroatoms. The average molecular weight is 765 g/mol. The largest absolute Gasteiger partial charge is 0.310 e. The van der Waals surface area contributed by atoms with Gasteiger partial charge in [0.2, 0.25) is 0 Å². The summed E-state index contributed by atoms with van der Waals surface area (Å²) in [5.41, 5.74) is 9.06. The van der Waals surface area contributed by atoms with Crippen LogP contribution >= 0.6 is 0 Å². The van der Waals surface area contributed by atoms with Gasteiger partial charge in [0.05, 0.1) is 0 Å². The van der Waals surface area contributed by atoms with Gasteiger partial charge in [0.1, 0.15) is 0 Å². The fraction of sp³-hybridized carbons (Fsp3) is 0. The summed E-state index contributed by atoms with van der Waals surface area (Å²) in [6.07, 6.45) is 4.42. The molecule has 60 heavy (non-hydrogen) atoms. The van der Waals surface area contributed by atoms with Crippen molar-refractivity contribution in [1.29, 1.82) is 0 Å². The van der Waals surface area contributed by atoms with Gasteiger partial charge in [-0.3, -0.25) is 0 Å². The molecule has 0 bridgehead atoms. The van der Waals surface area contributed by atoms with E-state index < -0.39 is 0 Å². The molecule has 0 saturated carbocycles. The van der Waals surface area contributed by atoms with Gasteiger partial charge in [-0.2, -0.15) is 0 Å². The van der Waals surface area contributed by atoms with E-state index in [1.165, 1.54) is 53.9 Å². The van der Waals surface area contributed by atoms with Gasteiger partial charge in [0.25, 0.3) is 0 Å². The molecular weight excluding hydrogens is 725 g/mol. The number of hydrogen-bond acceptors (Lipinski definition) is 2. The molecular formula is C58H40N2. The summed E-state index contributed by atoms with van der Waals surface area (Å²) < 4.78 is 0. The maximum atomic E-state index is 2.37.